The van der Waals surface area contributed by atoms with E-state index in [1.807, 2.05) is 52.0 Å². The normalized spacial score (nSPS) is 27.7. The van der Waals surface area contributed by atoms with Gasteiger partial charge in [0.05, 0.1) is 5.69 Å². The Morgan fingerprint density at radius 2 is 1.68 bits per heavy atom. The number of hydrogen-bond donors (Lipinski definition) is 1. The number of hydrogen-bond acceptors (Lipinski definition) is 4. The van der Waals surface area contributed by atoms with Crippen LogP contribution < -0.4 is 0 Å². The number of rotatable bonds is 5. The summed E-state index contributed by atoms with van der Waals surface area (Å²) in [5, 5.41) is 10.3. The van der Waals surface area contributed by atoms with Crippen LogP contribution in [0.1, 0.15) is 87.5 Å². The summed E-state index contributed by atoms with van der Waals surface area (Å²) < 4.78 is 6.90. The number of aryl methyl sites for hydroxylation is 1. The van der Waals surface area contributed by atoms with Crippen LogP contribution in [-0.2, 0) is 11.2 Å². The molecule has 6 nitrogen and oxygen atoms in total. The molecule has 0 radical (unpaired) electrons. The minimum absolute atomic E-state index is 0.139. The van der Waals surface area contributed by atoms with Crippen molar-refractivity contribution in [3.05, 3.63) is 41.2 Å². The Balaban J connectivity index is 1.55. The maximum Gasteiger partial charge on any atom is 0.417 e. The van der Waals surface area contributed by atoms with Gasteiger partial charge in [-0.05, 0) is 108 Å². The molecule has 1 heterocycles. The number of benzene rings is 1. The fourth-order valence-corrected chi connectivity index (χ4v) is 7.36. The minimum Gasteiger partial charge on any atom is -0.464 e. The Morgan fingerprint density at radius 1 is 1.09 bits per heavy atom. The van der Waals surface area contributed by atoms with Gasteiger partial charge in [-0.1, -0.05) is 24.3 Å². The van der Waals surface area contributed by atoms with Gasteiger partial charge < -0.3 is 9.84 Å². The Kier molecular flexibility index (Phi) is 5.61. The summed E-state index contributed by atoms with van der Waals surface area (Å²) in [6, 6.07) is 7.57. The van der Waals surface area contributed by atoms with E-state index in [1.54, 1.807) is 0 Å². The Morgan fingerprint density at radius 3 is 2.21 bits per heavy atom. The Hall–Kier alpha value is -2.63. The predicted octanol–water partition coefficient (Wildman–Crippen LogP) is 6.49. The molecule has 4 aliphatic carbocycles. The van der Waals surface area contributed by atoms with E-state index in [-0.39, 0.29) is 11.1 Å². The van der Waals surface area contributed by atoms with E-state index in [0.717, 1.165) is 35.3 Å². The number of aromatic nitrogens is 2. The molecule has 1 aromatic carbocycles. The van der Waals surface area contributed by atoms with E-state index in [1.165, 1.54) is 43.1 Å². The number of nitrogens with zero attached hydrogens (tertiary/aromatic N) is 2. The Labute approximate surface area is 201 Å². The number of carboxylic acid groups (broad SMARTS) is 1. The third-order valence-electron chi connectivity index (χ3n) is 8.20. The molecule has 6 heteroatoms. The molecule has 4 saturated carbocycles. The second kappa shape index (κ2) is 8.24. The molecule has 0 unspecified atom stereocenters. The summed E-state index contributed by atoms with van der Waals surface area (Å²) in [7, 11) is 0. The van der Waals surface area contributed by atoms with Crippen LogP contribution in [0.3, 0.4) is 0 Å². The molecule has 6 rings (SSSR count). The zero-order chi connectivity index (χ0) is 24.3. The molecule has 2 aromatic rings. The summed E-state index contributed by atoms with van der Waals surface area (Å²) in [6.45, 7) is 7.38. The number of carbonyl (C=O) groups excluding carboxylic acids is 1. The SMILES string of the molecule is Cc1ccccc1-c1nc(C(=O)OC(C)(C)C)c(CCC23CC4CC(CC(C4)C2)C3)n1C(=O)O. The third-order valence-corrected chi connectivity index (χ3v) is 8.20. The van der Waals surface area contributed by atoms with Gasteiger partial charge in [-0.2, -0.15) is 0 Å². The summed E-state index contributed by atoms with van der Waals surface area (Å²) in [6.07, 6.45) is 8.14. The van der Waals surface area contributed by atoms with Crippen LogP contribution in [0, 0.1) is 30.1 Å². The average Bonchev–Trinajstić information content (AvgIpc) is 3.10. The van der Waals surface area contributed by atoms with Gasteiger partial charge >= 0.3 is 12.1 Å². The molecule has 0 saturated heterocycles. The van der Waals surface area contributed by atoms with Crippen LogP contribution in [0.2, 0.25) is 0 Å². The van der Waals surface area contributed by atoms with E-state index in [4.69, 9.17) is 4.74 Å². The second-order valence-electron chi connectivity index (χ2n) is 12.1. The van der Waals surface area contributed by atoms with Gasteiger partial charge in [0, 0.05) is 5.56 Å². The highest BCUT2D eigenvalue weighted by Crippen LogP contribution is 2.61. The first-order valence-corrected chi connectivity index (χ1v) is 12.7. The van der Waals surface area contributed by atoms with Crippen molar-refractivity contribution in [2.45, 2.75) is 84.7 Å². The van der Waals surface area contributed by atoms with Crippen molar-refractivity contribution in [3.8, 4) is 11.4 Å². The lowest BCUT2D eigenvalue weighted by Crippen LogP contribution is -2.46. The summed E-state index contributed by atoms with van der Waals surface area (Å²) >= 11 is 0. The molecule has 0 amide bonds. The van der Waals surface area contributed by atoms with E-state index >= 15 is 0 Å². The standard InChI is InChI=1S/C28H36N2O4/c1-17-7-5-6-8-21(17)24-29-23(25(31)34-27(2,3)4)22(30(24)26(32)33)9-10-28-14-18-11-19(15-28)13-20(12-18)16-28/h5-8,18-20H,9-16H2,1-4H3,(H,32,33). The quantitative estimate of drug-likeness (QED) is 0.512. The lowest BCUT2D eigenvalue weighted by atomic mass is 9.48. The molecule has 4 fully saturated rings. The smallest absolute Gasteiger partial charge is 0.417 e. The monoisotopic (exact) mass is 464 g/mol. The zero-order valence-electron chi connectivity index (χ0n) is 20.8. The fraction of sp³-hybridized carbons (Fsp3) is 0.607. The minimum atomic E-state index is -1.11. The highest BCUT2D eigenvalue weighted by atomic mass is 16.6. The largest absolute Gasteiger partial charge is 0.464 e. The van der Waals surface area contributed by atoms with Gasteiger partial charge in [0.25, 0.3) is 0 Å². The first-order valence-electron chi connectivity index (χ1n) is 12.7. The van der Waals surface area contributed by atoms with Crippen LogP contribution in [0.15, 0.2) is 24.3 Å². The molecule has 4 aliphatic rings. The van der Waals surface area contributed by atoms with Gasteiger partial charge in [0.15, 0.2) is 11.5 Å². The topological polar surface area (TPSA) is 81.4 Å². The first-order chi connectivity index (χ1) is 16.0. The maximum absolute atomic E-state index is 13.2. The van der Waals surface area contributed by atoms with E-state index in [0.29, 0.717) is 17.9 Å². The highest BCUT2D eigenvalue weighted by Gasteiger charge is 2.50. The van der Waals surface area contributed by atoms with Crippen LogP contribution in [-0.4, -0.2) is 32.3 Å². The van der Waals surface area contributed by atoms with Crippen molar-refractivity contribution < 1.29 is 19.4 Å². The van der Waals surface area contributed by atoms with Gasteiger partial charge in [-0.15, -0.1) is 0 Å². The molecule has 0 aliphatic heterocycles. The second-order valence-corrected chi connectivity index (χ2v) is 12.1. The highest BCUT2D eigenvalue weighted by molar-refractivity contribution is 5.92. The third kappa shape index (κ3) is 4.27. The predicted molar refractivity (Wildman–Crippen MR) is 130 cm³/mol. The molecular formula is C28H36N2O4. The van der Waals surface area contributed by atoms with Gasteiger partial charge in [0.2, 0.25) is 0 Å². The van der Waals surface area contributed by atoms with Crippen molar-refractivity contribution in [1.82, 2.24) is 9.55 Å². The van der Waals surface area contributed by atoms with E-state index in [9.17, 15) is 14.7 Å². The van der Waals surface area contributed by atoms with Crippen molar-refractivity contribution in [2.24, 2.45) is 23.2 Å². The molecule has 1 N–H and O–H groups in total. The number of ether oxygens (including phenoxy) is 1. The summed E-state index contributed by atoms with van der Waals surface area (Å²) in [5.41, 5.74) is 1.82. The summed E-state index contributed by atoms with van der Waals surface area (Å²) in [4.78, 5) is 30.4. The number of imidazole rings is 1. The lowest BCUT2D eigenvalue weighted by molar-refractivity contribution is -0.0572. The zero-order valence-corrected chi connectivity index (χ0v) is 20.8. The number of esters is 1. The summed E-state index contributed by atoms with van der Waals surface area (Å²) in [5.74, 6) is 2.21. The molecule has 0 atom stereocenters. The van der Waals surface area contributed by atoms with E-state index < -0.39 is 17.7 Å². The van der Waals surface area contributed by atoms with Gasteiger partial charge in [-0.25, -0.2) is 19.1 Å². The van der Waals surface area contributed by atoms with Crippen LogP contribution in [0.5, 0.6) is 0 Å². The maximum atomic E-state index is 13.2. The van der Waals surface area contributed by atoms with Crippen molar-refractivity contribution >= 4 is 12.1 Å². The average molecular weight is 465 g/mol. The van der Waals surface area contributed by atoms with Crippen molar-refractivity contribution in [3.63, 3.8) is 0 Å². The van der Waals surface area contributed by atoms with Crippen molar-refractivity contribution in [2.75, 3.05) is 0 Å². The number of carbonyl (C=O) groups is 2. The molecule has 34 heavy (non-hydrogen) atoms. The van der Waals surface area contributed by atoms with E-state index in [2.05, 4.69) is 4.98 Å². The van der Waals surface area contributed by atoms with Crippen molar-refractivity contribution in [1.29, 1.82) is 0 Å². The molecular weight excluding hydrogens is 428 g/mol. The van der Waals surface area contributed by atoms with Gasteiger partial charge in [-0.3, -0.25) is 0 Å². The molecule has 0 spiro atoms. The van der Waals surface area contributed by atoms with Crippen LogP contribution in [0.4, 0.5) is 4.79 Å². The molecule has 1 aromatic heterocycles. The van der Waals surface area contributed by atoms with Gasteiger partial charge in [0.1, 0.15) is 5.60 Å². The van der Waals surface area contributed by atoms with Crippen LogP contribution >= 0.6 is 0 Å². The lowest BCUT2D eigenvalue weighted by Gasteiger charge is -2.57. The fourth-order valence-electron chi connectivity index (χ4n) is 7.36. The molecule has 4 bridgehead atoms. The van der Waals surface area contributed by atoms with Crippen LogP contribution in [0.25, 0.3) is 11.4 Å². The first kappa shape index (κ1) is 23.1. The Bertz CT molecular complexity index is 1090. The molecule has 182 valence electrons.